The summed E-state index contributed by atoms with van der Waals surface area (Å²) in [4.78, 5) is 25.0. The number of benzene rings is 2. The highest BCUT2D eigenvalue weighted by atomic mass is 35.5. The summed E-state index contributed by atoms with van der Waals surface area (Å²) >= 11 is 11.9. The molecule has 0 saturated carbocycles. The fraction of sp³-hybridized carbons (Fsp3) is 0.300. The molecule has 1 N–H and O–H groups in total. The summed E-state index contributed by atoms with van der Waals surface area (Å²) in [6.45, 7) is 3.68. The molecule has 27 heavy (non-hydrogen) atoms. The molecule has 0 spiro atoms. The van der Waals surface area contributed by atoms with E-state index in [9.17, 15) is 9.59 Å². The number of ether oxygens (including phenoxy) is 2. The van der Waals surface area contributed by atoms with E-state index in [0.717, 1.165) is 5.56 Å². The molecular formula is C20H21Cl2NO4. The maximum absolute atomic E-state index is 12.5. The van der Waals surface area contributed by atoms with Gasteiger partial charge in [-0.15, -0.1) is 0 Å². The largest absolute Gasteiger partial charge is 0.496 e. The van der Waals surface area contributed by atoms with Crippen LogP contribution in [-0.4, -0.2) is 25.0 Å². The quantitative estimate of drug-likeness (QED) is 0.683. The fourth-order valence-corrected chi connectivity index (χ4v) is 2.95. The van der Waals surface area contributed by atoms with E-state index < -0.39 is 17.9 Å². The van der Waals surface area contributed by atoms with Gasteiger partial charge in [0.1, 0.15) is 18.4 Å². The second-order valence-electron chi connectivity index (χ2n) is 6.24. The molecule has 1 atom stereocenters. The van der Waals surface area contributed by atoms with E-state index in [1.165, 1.54) is 12.1 Å². The Balaban J connectivity index is 2.07. The van der Waals surface area contributed by atoms with Crippen molar-refractivity contribution in [3.63, 3.8) is 0 Å². The highest BCUT2D eigenvalue weighted by molar-refractivity contribution is 6.36. The zero-order valence-corrected chi connectivity index (χ0v) is 16.8. The van der Waals surface area contributed by atoms with Gasteiger partial charge in [0.2, 0.25) is 0 Å². The van der Waals surface area contributed by atoms with Crippen LogP contribution in [0.5, 0.6) is 5.75 Å². The Morgan fingerprint density at radius 3 is 2.44 bits per heavy atom. The molecule has 0 aromatic heterocycles. The van der Waals surface area contributed by atoms with Crippen molar-refractivity contribution in [2.24, 2.45) is 5.92 Å². The van der Waals surface area contributed by atoms with Crippen LogP contribution in [0.2, 0.25) is 10.0 Å². The number of nitrogens with one attached hydrogen (secondary N) is 1. The number of para-hydroxylation sites is 1. The molecule has 0 aliphatic heterocycles. The topological polar surface area (TPSA) is 64.6 Å². The Labute approximate surface area is 168 Å². The van der Waals surface area contributed by atoms with Crippen LogP contribution in [-0.2, 0) is 16.1 Å². The van der Waals surface area contributed by atoms with E-state index in [2.05, 4.69) is 5.32 Å². The van der Waals surface area contributed by atoms with Gasteiger partial charge in [-0.05, 0) is 30.2 Å². The van der Waals surface area contributed by atoms with Gasteiger partial charge in [-0.2, -0.15) is 0 Å². The van der Waals surface area contributed by atoms with Crippen molar-refractivity contribution in [3.05, 3.63) is 63.6 Å². The standard InChI is InChI=1S/C20H21Cl2NO4/c1-12(2)18(23-19(24)15-9-8-14(21)10-16(15)22)20(25)27-11-13-6-4-5-7-17(13)26-3/h4-10,12,18H,11H2,1-3H3,(H,23,24)/t18-/m0/s1. The number of rotatable bonds is 7. The summed E-state index contributed by atoms with van der Waals surface area (Å²) in [5.74, 6) is -0.549. The number of esters is 1. The molecule has 0 radical (unpaired) electrons. The molecule has 0 heterocycles. The minimum Gasteiger partial charge on any atom is -0.496 e. The number of carbonyl (C=O) groups is 2. The molecule has 2 rings (SSSR count). The Bertz CT molecular complexity index is 823. The molecule has 144 valence electrons. The van der Waals surface area contributed by atoms with Crippen molar-refractivity contribution in [1.29, 1.82) is 0 Å². The zero-order valence-electron chi connectivity index (χ0n) is 15.3. The van der Waals surface area contributed by atoms with E-state index in [1.54, 1.807) is 19.2 Å². The van der Waals surface area contributed by atoms with Crippen molar-refractivity contribution < 1.29 is 19.1 Å². The lowest BCUT2D eigenvalue weighted by molar-refractivity contribution is -0.148. The first kappa shape index (κ1) is 21.1. The highest BCUT2D eigenvalue weighted by Crippen LogP contribution is 2.22. The minimum absolute atomic E-state index is 0.0453. The van der Waals surface area contributed by atoms with E-state index in [1.807, 2.05) is 32.0 Å². The van der Waals surface area contributed by atoms with E-state index in [-0.39, 0.29) is 23.1 Å². The predicted molar refractivity (Wildman–Crippen MR) is 105 cm³/mol. The van der Waals surface area contributed by atoms with Gasteiger partial charge in [-0.3, -0.25) is 4.79 Å². The first-order chi connectivity index (χ1) is 12.8. The lowest BCUT2D eigenvalue weighted by atomic mass is 10.0. The van der Waals surface area contributed by atoms with Gasteiger partial charge < -0.3 is 14.8 Å². The molecule has 2 aromatic rings. The predicted octanol–water partition coefficient (Wildman–Crippen LogP) is 4.50. The third kappa shape index (κ3) is 5.62. The maximum atomic E-state index is 12.5. The van der Waals surface area contributed by atoms with E-state index >= 15 is 0 Å². The molecular weight excluding hydrogens is 389 g/mol. The highest BCUT2D eigenvalue weighted by Gasteiger charge is 2.27. The lowest BCUT2D eigenvalue weighted by Crippen LogP contribution is -2.45. The summed E-state index contributed by atoms with van der Waals surface area (Å²) in [7, 11) is 1.55. The summed E-state index contributed by atoms with van der Waals surface area (Å²) in [5, 5.41) is 3.32. The first-order valence-electron chi connectivity index (χ1n) is 8.38. The maximum Gasteiger partial charge on any atom is 0.329 e. The molecule has 7 heteroatoms. The van der Waals surface area contributed by atoms with Crippen LogP contribution in [0.3, 0.4) is 0 Å². The summed E-state index contributed by atoms with van der Waals surface area (Å²) in [5.41, 5.74) is 0.979. The summed E-state index contributed by atoms with van der Waals surface area (Å²) in [6.07, 6.45) is 0. The van der Waals surface area contributed by atoms with Gasteiger partial charge in [-0.1, -0.05) is 55.2 Å². The zero-order chi connectivity index (χ0) is 20.0. The van der Waals surface area contributed by atoms with Gasteiger partial charge in [0.15, 0.2) is 0 Å². The lowest BCUT2D eigenvalue weighted by Gasteiger charge is -2.21. The molecule has 1 amide bonds. The van der Waals surface area contributed by atoms with Gasteiger partial charge in [0.25, 0.3) is 5.91 Å². The average molecular weight is 410 g/mol. The average Bonchev–Trinajstić information content (AvgIpc) is 2.63. The normalized spacial score (nSPS) is 11.8. The van der Waals surface area contributed by atoms with Crippen LogP contribution in [0.15, 0.2) is 42.5 Å². The molecule has 0 unspecified atom stereocenters. The Morgan fingerprint density at radius 2 is 1.81 bits per heavy atom. The second kappa shape index (κ2) is 9.62. The van der Waals surface area contributed by atoms with Crippen LogP contribution < -0.4 is 10.1 Å². The number of hydrogen-bond donors (Lipinski definition) is 1. The SMILES string of the molecule is COc1ccccc1COC(=O)[C@@H](NC(=O)c1ccc(Cl)cc1Cl)C(C)C. The number of halogens is 2. The second-order valence-corrected chi connectivity index (χ2v) is 7.08. The molecule has 0 saturated heterocycles. The van der Waals surface area contributed by atoms with Crippen molar-refractivity contribution in [2.45, 2.75) is 26.5 Å². The Kier molecular flexibility index (Phi) is 7.51. The molecule has 5 nitrogen and oxygen atoms in total. The molecule has 0 bridgehead atoms. The Hall–Kier alpha value is -2.24. The molecule has 0 aliphatic rings. The molecule has 0 fully saturated rings. The van der Waals surface area contributed by atoms with E-state index in [0.29, 0.717) is 10.8 Å². The van der Waals surface area contributed by atoms with Crippen molar-refractivity contribution in [1.82, 2.24) is 5.32 Å². The van der Waals surface area contributed by atoms with Gasteiger partial charge in [0, 0.05) is 10.6 Å². The number of carbonyl (C=O) groups excluding carboxylic acids is 2. The smallest absolute Gasteiger partial charge is 0.329 e. The molecule has 2 aromatic carbocycles. The van der Waals surface area contributed by atoms with Crippen LogP contribution in [0.25, 0.3) is 0 Å². The fourth-order valence-electron chi connectivity index (χ4n) is 2.45. The number of methoxy groups -OCH3 is 1. The Morgan fingerprint density at radius 1 is 1.11 bits per heavy atom. The third-order valence-corrected chi connectivity index (χ3v) is 4.49. The van der Waals surface area contributed by atoms with Crippen molar-refractivity contribution in [2.75, 3.05) is 7.11 Å². The number of amides is 1. The van der Waals surface area contributed by atoms with Crippen LogP contribution in [0.1, 0.15) is 29.8 Å². The van der Waals surface area contributed by atoms with Gasteiger partial charge in [-0.25, -0.2) is 4.79 Å². The van der Waals surface area contributed by atoms with E-state index in [4.69, 9.17) is 32.7 Å². The third-order valence-electron chi connectivity index (χ3n) is 3.95. The monoisotopic (exact) mass is 409 g/mol. The minimum atomic E-state index is -0.820. The van der Waals surface area contributed by atoms with Gasteiger partial charge >= 0.3 is 5.97 Å². The number of hydrogen-bond acceptors (Lipinski definition) is 4. The van der Waals surface area contributed by atoms with Crippen LogP contribution in [0, 0.1) is 5.92 Å². The summed E-state index contributed by atoms with van der Waals surface area (Å²) in [6, 6.07) is 11.0. The van der Waals surface area contributed by atoms with Crippen molar-refractivity contribution in [3.8, 4) is 5.75 Å². The first-order valence-corrected chi connectivity index (χ1v) is 9.13. The molecule has 0 aliphatic carbocycles. The van der Waals surface area contributed by atoms with Crippen LogP contribution in [0.4, 0.5) is 0 Å². The summed E-state index contributed by atoms with van der Waals surface area (Å²) < 4.78 is 10.6. The van der Waals surface area contributed by atoms with Crippen molar-refractivity contribution >= 4 is 35.1 Å². The van der Waals surface area contributed by atoms with Gasteiger partial charge in [0.05, 0.1) is 17.7 Å². The van der Waals surface area contributed by atoms with Crippen LogP contribution >= 0.6 is 23.2 Å².